The molecule has 1 atom stereocenters. The Morgan fingerprint density at radius 3 is 3.14 bits per heavy atom. The van der Waals surface area contributed by atoms with Gasteiger partial charge in [-0.2, -0.15) is 0 Å². The molecule has 3 heterocycles. The maximum Gasteiger partial charge on any atom is 0.112 e. The van der Waals surface area contributed by atoms with E-state index in [0.717, 1.165) is 43.3 Å². The number of ether oxygens (including phenoxy) is 1. The van der Waals surface area contributed by atoms with E-state index in [1.54, 1.807) is 11.3 Å². The normalized spacial score (nSPS) is 19.6. The number of morpholine rings is 1. The van der Waals surface area contributed by atoms with Gasteiger partial charge in [0.25, 0.3) is 0 Å². The molecule has 1 saturated heterocycles. The molecule has 1 fully saturated rings. The summed E-state index contributed by atoms with van der Waals surface area (Å²) in [5.41, 5.74) is 4.99. The van der Waals surface area contributed by atoms with Gasteiger partial charge in [-0.15, -0.1) is 11.3 Å². The highest BCUT2D eigenvalue weighted by Crippen LogP contribution is 2.25. The summed E-state index contributed by atoms with van der Waals surface area (Å²) < 4.78 is 5.92. The molecule has 0 radical (unpaired) electrons. The summed E-state index contributed by atoms with van der Waals surface area (Å²) in [6.45, 7) is 5.53. The summed E-state index contributed by atoms with van der Waals surface area (Å²) in [4.78, 5) is 12.5. The Kier molecular flexibility index (Phi) is 4.48. The molecular formula is C15H20N4OS. The van der Waals surface area contributed by atoms with E-state index < -0.39 is 0 Å². The first-order valence-electron chi connectivity index (χ1n) is 7.12. The summed E-state index contributed by atoms with van der Waals surface area (Å²) in [7, 11) is 1.93. The molecule has 5 nitrogen and oxygen atoms in total. The third-order valence-corrected chi connectivity index (χ3v) is 4.37. The number of thiazole rings is 1. The van der Waals surface area contributed by atoms with Crippen molar-refractivity contribution in [3.05, 3.63) is 40.1 Å². The van der Waals surface area contributed by atoms with Crippen molar-refractivity contribution in [2.45, 2.75) is 19.6 Å². The first-order valence-corrected chi connectivity index (χ1v) is 8.00. The summed E-state index contributed by atoms with van der Waals surface area (Å²) in [5, 5.41) is 3.18. The van der Waals surface area contributed by atoms with Crippen LogP contribution in [0.15, 0.2) is 23.8 Å². The lowest BCUT2D eigenvalue weighted by atomic mass is 10.1. The first kappa shape index (κ1) is 14.4. The maximum atomic E-state index is 5.92. The van der Waals surface area contributed by atoms with Crippen LogP contribution < -0.4 is 5.32 Å². The van der Waals surface area contributed by atoms with Crippen LogP contribution in [0.3, 0.4) is 0 Å². The molecule has 0 bridgehead atoms. The Balaban J connectivity index is 1.72. The quantitative estimate of drug-likeness (QED) is 0.940. The van der Waals surface area contributed by atoms with Gasteiger partial charge in [-0.3, -0.25) is 14.9 Å². The highest BCUT2D eigenvalue weighted by molar-refractivity contribution is 7.09. The molecule has 112 valence electrons. The fourth-order valence-corrected chi connectivity index (χ4v) is 3.21. The van der Waals surface area contributed by atoms with Crippen LogP contribution in [-0.4, -0.2) is 41.6 Å². The van der Waals surface area contributed by atoms with Crippen LogP contribution in [-0.2, 0) is 11.3 Å². The second kappa shape index (κ2) is 6.51. The fraction of sp³-hybridized carbons (Fsp3) is 0.467. The van der Waals surface area contributed by atoms with E-state index in [0.29, 0.717) is 0 Å². The van der Waals surface area contributed by atoms with E-state index in [4.69, 9.17) is 4.74 Å². The molecule has 0 aliphatic carbocycles. The van der Waals surface area contributed by atoms with Crippen LogP contribution in [0.25, 0.3) is 0 Å². The van der Waals surface area contributed by atoms with Gasteiger partial charge in [0, 0.05) is 49.1 Å². The van der Waals surface area contributed by atoms with Gasteiger partial charge in [0.05, 0.1) is 17.8 Å². The van der Waals surface area contributed by atoms with Crippen molar-refractivity contribution in [3.63, 3.8) is 0 Å². The molecule has 0 saturated carbocycles. The number of nitrogens with zero attached hydrogens (tertiary/aromatic N) is 3. The van der Waals surface area contributed by atoms with E-state index in [-0.39, 0.29) is 6.10 Å². The number of rotatable bonds is 4. The zero-order valence-corrected chi connectivity index (χ0v) is 13.2. The number of nitrogens with one attached hydrogen (secondary N) is 1. The molecule has 1 aliphatic rings. The van der Waals surface area contributed by atoms with Crippen molar-refractivity contribution in [1.82, 2.24) is 14.9 Å². The molecule has 0 unspecified atom stereocenters. The topological polar surface area (TPSA) is 50.3 Å². The number of anilines is 1. The molecule has 21 heavy (non-hydrogen) atoms. The van der Waals surface area contributed by atoms with E-state index in [2.05, 4.69) is 26.3 Å². The monoisotopic (exact) mass is 304 g/mol. The second-order valence-corrected chi connectivity index (χ2v) is 6.21. The Morgan fingerprint density at radius 2 is 2.38 bits per heavy atom. The zero-order valence-electron chi connectivity index (χ0n) is 12.4. The van der Waals surface area contributed by atoms with Crippen LogP contribution in [0.1, 0.15) is 22.4 Å². The van der Waals surface area contributed by atoms with Gasteiger partial charge in [0.1, 0.15) is 6.10 Å². The molecule has 1 N–H and O–H groups in total. The Bertz CT molecular complexity index is 587. The summed E-state index contributed by atoms with van der Waals surface area (Å²) in [6, 6.07) is 4.12. The number of aryl methyl sites for hydroxylation is 1. The lowest BCUT2D eigenvalue weighted by Crippen LogP contribution is -2.38. The average molecular weight is 304 g/mol. The number of hydrogen-bond acceptors (Lipinski definition) is 6. The molecule has 2 aromatic rings. The van der Waals surface area contributed by atoms with E-state index in [1.807, 2.05) is 31.7 Å². The van der Waals surface area contributed by atoms with Gasteiger partial charge in [-0.25, -0.2) is 0 Å². The highest BCUT2D eigenvalue weighted by atomic mass is 32.1. The molecule has 3 rings (SSSR count). The van der Waals surface area contributed by atoms with E-state index in [9.17, 15) is 0 Å². The SMILES string of the molecule is CNc1cc(C)nc([C@H]2CN(Cc3cncs3)CCO2)c1. The predicted octanol–water partition coefficient (Wildman–Crippen LogP) is 2.46. The van der Waals surface area contributed by atoms with Crippen LogP contribution in [0, 0.1) is 6.92 Å². The van der Waals surface area contributed by atoms with Crippen molar-refractivity contribution < 1.29 is 4.74 Å². The van der Waals surface area contributed by atoms with Crippen LogP contribution in [0.2, 0.25) is 0 Å². The van der Waals surface area contributed by atoms with Crippen molar-refractivity contribution in [1.29, 1.82) is 0 Å². The average Bonchev–Trinajstić information content (AvgIpc) is 3.00. The zero-order chi connectivity index (χ0) is 14.7. The van der Waals surface area contributed by atoms with E-state index >= 15 is 0 Å². The van der Waals surface area contributed by atoms with E-state index in [1.165, 1.54) is 4.88 Å². The van der Waals surface area contributed by atoms with Gasteiger partial charge in [-0.1, -0.05) is 0 Å². The Morgan fingerprint density at radius 1 is 1.48 bits per heavy atom. The Labute approximate surface area is 129 Å². The largest absolute Gasteiger partial charge is 0.388 e. The lowest BCUT2D eigenvalue weighted by molar-refractivity contribution is -0.0347. The standard InChI is InChI=1S/C15H20N4OS/c1-11-5-12(16-2)6-14(18-11)15-9-19(3-4-20-15)8-13-7-17-10-21-13/h5-7,10,15H,3-4,8-9H2,1-2H3,(H,16,18)/t15-/m1/s1. The first-order chi connectivity index (χ1) is 10.2. The molecule has 0 aromatic carbocycles. The molecule has 6 heteroatoms. The number of hydrogen-bond donors (Lipinski definition) is 1. The molecule has 2 aromatic heterocycles. The number of aromatic nitrogens is 2. The minimum atomic E-state index is 0.0404. The van der Waals surface area contributed by atoms with Gasteiger partial charge < -0.3 is 10.1 Å². The van der Waals surface area contributed by atoms with Crippen LogP contribution >= 0.6 is 11.3 Å². The fourth-order valence-electron chi connectivity index (χ4n) is 2.57. The molecule has 0 spiro atoms. The molecular weight excluding hydrogens is 284 g/mol. The van der Waals surface area contributed by atoms with Crippen LogP contribution in [0.5, 0.6) is 0 Å². The smallest absolute Gasteiger partial charge is 0.112 e. The summed E-state index contributed by atoms with van der Waals surface area (Å²) in [5.74, 6) is 0. The van der Waals surface area contributed by atoms with Gasteiger partial charge >= 0.3 is 0 Å². The van der Waals surface area contributed by atoms with Gasteiger partial charge in [0.2, 0.25) is 0 Å². The van der Waals surface area contributed by atoms with Gasteiger partial charge in [-0.05, 0) is 19.1 Å². The summed E-state index contributed by atoms with van der Waals surface area (Å²) in [6.07, 6.45) is 1.98. The predicted molar refractivity (Wildman–Crippen MR) is 84.6 cm³/mol. The lowest BCUT2D eigenvalue weighted by Gasteiger charge is -2.32. The Hall–Kier alpha value is -1.50. The van der Waals surface area contributed by atoms with Crippen molar-refractivity contribution in [2.24, 2.45) is 0 Å². The maximum absolute atomic E-state index is 5.92. The highest BCUT2D eigenvalue weighted by Gasteiger charge is 2.23. The third kappa shape index (κ3) is 3.58. The second-order valence-electron chi connectivity index (χ2n) is 5.23. The molecule has 0 amide bonds. The van der Waals surface area contributed by atoms with Gasteiger partial charge in [0.15, 0.2) is 0 Å². The third-order valence-electron chi connectivity index (χ3n) is 3.61. The number of pyridine rings is 1. The van der Waals surface area contributed by atoms with Crippen molar-refractivity contribution in [2.75, 3.05) is 32.1 Å². The summed E-state index contributed by atoms with van der Waals surface area (Å²) >= 11 is 1.70. The van der Waals surface area contributed by atoms with Crippen molar-refractivity contribution in [3.8, 4) is 0 Å². The van der Waals surface area contributed by atoms with Crippen molar-refractivity contribution >= 4 is 17.0 Å². The van der Waals surface area contributed by atoms with Crippen LogP contribution in [0.4, 0.5) is 5.69 Å². The minimum Gasteiger partial charge on any atom is -0.388 e. The minimum absolute atomic E-state index is 0.0404. The molecule has 1 aliphatic heterocycles.